The van der Waals surface area contributed by atoms with Crippen molar-refractivity contribution in [3.8, 4) is 0 Å². The number of anilines is 4. The fourth-order valence-corrected chi connectivity index (χ4v) is 2.42. The summed E-state index contributed by atoms with van der Waals surface area (Å²) in [6.45, 7) is 6.10. The van der Waals surface area contributed by atoms with Gasteiger partial charge in [0.15, 0.2) is 5.82 Å². The Kier molecular flexibility index (Phi) is 4.62. The Morgan fingerprint density at radius 3 is 2.58 bits per heavy atom. The first-order valence-electron chi connectivity index (χ1n) is 7.59. The van der Waals surface area contributed by atoms with Crippen molar-refractivity contribution in [3.63, 3.8) is 0 Å². The molecule has 24 heavy (non-hydrogen) atoms. The Morgan fingerprint density at radius 2 is 1.79 bits per heavy atom. The van der Waals surface area contributed by atoms with Gasteiger partial charge in [-0.1, -0.05) is 23.7 Å². The van der Waals surface area contributed by atoms with E-state index in [-0.39, 0.29) is 0 Å². The fraction of sp³-hybridized carbons (Fsp3) is 0.167. The number of hydrogen-bond acceptors (Lipinski definition) is 5. The molecule has 3 aromatic rings. The summed E-state index contributed by atoms with van der Waals surface area (Å²) in [6.07, 6.45) is 1.58. The van der Waals surface area contributed by atoms with E-state index in [2.05, 4.69) is 51.8 Å². The number of rotatable bonds is 4. The molecule has 0 aliphatic heterocycles. The first-order valence-corrected chi connectivity index (χ1v) is 7.97. The molecule has 0 amide bonds. The molecule has 3 rings (SSSR count). The Morgan fingerprint density at radius 1 is 0.958 bits per heavy atom. The van der Waals surface area contributed by atoms with Crippen LogP contribution in [0.3, 0.4) is 0 Å². The van der Waals surface area contributed by atoms with Crippen LogP contribution in [-0.4, -0.2) is 15.2 Å². The topological polar surface area (TPSA) is 62.7 Å². The van der Waals surface area contributed by atoms with E-state index in [9.17, 15) is 0 Å². The lowest BCUT2D eigenvalue weighted by molar-refractivity contribution is 0.982. The summed E-state index contributed by atoms with van der Waals surface area (Å²) in [5, 5.41) is 15.1. The van der Waals surface area contributed by atoms with Crippen molar-refractivity contribution in [2.24, 2.45) is 0 Å². The molecule has 2 aromatic carbocycles. The number of nitrogens with one attached hydrogen (secondary N) is 2. The van der Waals surface area contributed by atoms with Gasteiger partial charge in [0.05, 0.1) is 6.20 Å². The second kappa shape index (κ2) is 6.84. The van der Waals surface area contributed by atoms with Gasteiger partial charge in [0.2, 0.25) is 5.95 Å². The molecular weight excluding hydrogens is 322 g/mol. The maximum Gasteiger partial charge on any atom is 0.249 e. The monoisotopic (exact) mass is 339 g/mol. The average molecular weight is 340 g/mol. The van der Waals surface area contributed by atoms with E-state index in [0.29, 0.717) is 16.8 Å². The van der Waals surface area contributed by atoms with Crippen LogP contribution in [0.1, 0.15) is 16.7 Å². The van der Waals surface area contributed by atoms with Crippen LogP contribution in [0.2, 0.25) is 5.02 Å². The highest BCUT2D eigenvalue weighted by Crippen LogP contribution is 2.25. The second-order valence-electron chi connectivity index (χ2n) is 5.63. The van der Waals surface area contributed by atoms with E-state index in [4.69, 9.17) is 11.6 Å². The molecule has 0 unspecified atom stereocenters. The number of nitrogens with zero attached hydrogens (tertiary/aromatic N) is 3. The second-order valence-corrected chi connectivity index (χ2v) is 6.03. The Hall–Kier alpha value is -2.66. The van der Waals surface area contributed by atoms with Gasteiger partial charge in [-0.25, -0.2) is 0 Å². The van der Waals surface area contributed by atoms with Gasteiger partial charge in [-0.05, 0) is 61.7 Å². The zero-order valence-electron chi connectivity index (χ0n) is 13.8. The minimum absolute atomic E-state index is 0.433. The molecule has 5 nitrogen and oxygen atoms in total. The van der Waals surface area contributed by atoms with E-state index >= 15 is 0 Å². The van der Waals surface area contributed by atoms with E-state index < -0.39 is 0 Å². The summed E-state index contributed by atoms with van der Waals surface area (Å²) in [5.41, 5.74) is 5.22. The first kappa shape index (κ1) is 16.2. The van der Waals surface area contributed by atoms with Crippen molar-refractivity contribution < 1.29 is 0 Å². The molecule has 6 heteroatoms. The van der Waals surface area contributed by atoms with Crippen molar-refractivity contribution in [2.45, 2.75) is 20.8 Å². The van der Waals surface area contributed by atoms with E-state index in [1.165, 1.54) is 11.1 Å². The largest absolute Gasteiger partial charge is 0.339 e. The van der Waals surface area contributed by atoms with Crippen LogP contribution in [0.5, 0.6) is 0 Å². The third kappa shape index (κ3) is 3.63. The highest BCUT2D eigenvalue weighted by atomic mass is 35.5. The molecule has 1 heterocycles. The van der Waals surface area contributed by atoms with E-state index in [1.54, 1.807) is 6.20 Å². The molecule has 0 saturated carbocycles. The molecule has 0 fully saturated rings. The molecular formula is C18H18ClN5. The molecule has 2 N–H and O–H groups in total. The Bertz CT molecular complexity index is 879. The number of hydrogen-bond donors (Lipinski definition) is 2. The van der Waals surface area contributed by atoms with Crippen LogP contribution in [0.15, 0.2) is 42.6 Å². The molecule has 0 spiro atoms. The standard InChI is InChI=1S/C18H18ClN5/c1-11-7-8-14(9-12(11)2)21-18-23-17(10-20-24-18)22-16-6-4-5-15(19)13(16)3/h4-10H,1-3H3,(H2,21,22,23,24). The van der Waals surface area contributed by atoms with Crippen LogP contribution in [0, 0.1) is 20.8 Å². The van der Waals surface area contributed by atoms with Crippen LogP contribution in [-0.2, 0) is 0 Å². The lowest BCUT2D eigenvalue weighted by atomic mass is 10.1. The summed E-state index contributed by atoms with van der Waals surface area (Å²) >= 11 is 6.15. The average Bonchev–Trinajstić information content (AvgIpc) is 2.56. The lowest BCUT2D eigenvalue weighted by Crippen LogP contribution is -2.03. The van der Waals surface area contributed by atoms with Crippen LogP contribution < -0.4 is 10.6 Å². The minimum atomic E-state index is 0.433. The quantitative estimate of drug-likeness (QED) is 0.705. The summed E-state index contributed by atoms with van der Waals surface area (Å²) in [6, 6.07) is 11.8. The van der Waals surface area contributed by atoms with Crippen molar-refractivity contribution in [2.75, 3.05) is 10.6 Å². The molecule has 0 saturated heterocycles. The van der Waals surface area contributed by atoms with Crippen LogP contribution >= 0.6 is 11.6 Å². The third-order valence-corrected chi connectivity index (χ3v) is 4.26. The van der Waals surface area contributed by atoms with Gasteiger partial charge in [-0.15, -0.1) is 5.10 Å². The lowest BCUT2D eigenvalue weighted by Gasteiger charge is -2.11. The third-order valence-electron chi connectivity index (χ3n) is 3.85. The smallest absolute Gasteiger partial charge is 0.249 e. The number of aromatic nitrogens is 3. The zero-order valence-corrected chi connectivity index (χ0v) is 14.5. The van der Waals surface area contributed by atoms with Gasteiger partial charge in [0, 0.05) is 16.4 Å². The van der Waals surface area contributed by atoms with Crippen molar-refractivity contribution in [1.82, 2.24) is 15.2 Å². The minimum Gasteiger partial charge on any atom is -0.339 e. The number of halogens is 1. The Labute approximate surface area is 146 Å². The molecule has 0 aliphatic rings. The SMILES string of the molecule is Cc1ccc(Nc2nncc(Nc3cccc(Cl)c3C)n2)cc1C. The highest BCUT2D eigenvalue weighted by Gasteiger charge is 2.06. The zero-order chi connectivity index (χ0) is 17.1. The maximum atomic E-state index is 6.15. The first-order chi connectivity index (χ1) is 11.5. The van der Waals surface area contributed by atoms with Gasteiger partial charge in [-0.3, -0.25) is 0 Å². The molecule has 0 atom stereocenters. The van der Waals surface area contributed by atoms with E-state index in [1.807, 2.05) is 31.2 Å². The number of benzene rings is 2. The van der Waals surface area contributed by atoms with Crippen molar-refractivity contribution in [3.05, 3.63) is 64.3 Å². The van der Waals surface area contributed by atoms with Gasteiger partial charge in [-0.2, -0.15) is 10.1 Å². The maximum absolute atomic E-state index is 6.15. The van der Waals surface area contributed by atoms with Crippen LogP contribution in [0.4, 0.5) is 23.1 Å². The van der Waals surface area contributed by atoms with Crippen molar-refractivity contribution in [1.29, 1.82) is 0 Å². The predicted molar refractivity (Wildman–Crippen MR) is 98.5 cm³/mol. The molecule has 1 aromatic heterocycles. The normalized spacial score (nSPS) is 10.5. The molecule has 0 bridgehead atoms. The van der Waals surface area contributed by atoms with Gasteiger partial charge in [0.1, 0.15) is 0 Å². The Balaban J connectivity index is 1.81. The predicted octanol–water partition coefficient (Wildman–Crippen LogP) is 4.94. The summed E-state index contributed by atoms with van der Waals surface area (Å²) in [7, 11) is 0. The van der Waals surface area contributed by atoms with E-state index in [0.717, 1.165) is 16.9 Å². The van der Waals surface area contributed by atoms with Gasteiger partial charge >= 0.3 is 0 Å². The van der Waals surface area contributed by atoms with Gasteiger partial charge in [0.25, 0.3) is 0 Å². The molecule has 0 radical (unpaired) electrons. The van der Waals surface area contributed by atoms with Crippen molar-refractivity contribution >= 4 is 34.7 Å². The summed E-state index contributed by atoms with van der Waals surface area (Å²) < 4.78 is 0. The highest BCUT2D eigenvalue weighted by molar-refractivity contribution is 6.31. The van der Waals surface area contributed by atoms with Gasteiger partial charge < -0.3 is 10.6 Å². The van der Waals surface area contributed by atoms with Crippen LogP contribution in [0.25, 0.3) is 0 Å². The summed E-state index contributed by atoms with van der Waals surface area (Å²) in [5.74, 6) is 1.03. The fourth-order valence-electron chi connectivity index (χ4n) is 2.25. The molecule has 122 valence electrons. The molecule has 0 aliphatic carbocycles. The summed E-state index contributed by atoms with van der Waals surface area (Å²) in [4.78, 5) is 4.45. The number of aryl methyl sites for hydroxylation is 2.